The number of hydrogen-bond donors (Lipinski definition) is 1. The van der Waals surface area contributed by atoms with Crippen LogP contribution in [0, 0.1) is 24.6 Å². The predicted molar refractivity (Wildman–Crippen MR) is 72.6 cm³/mol. The first kappa shape index (κ1) is 14.0. The molecule has 1 aliphatic rings. The highest BCUT2D eigenvalue weighted by Gasteiger charge is 2.36. The maximum absolute atomic E-state index is 14.0. The van der Waals surface area contributed by atoms with Crippen LogP contribution in [-0.2, 0) is 4.79 Å². The molecule has 0 saturated heterocycles. The molecule has 0 heterocycles. The van der Waals surface area contributed by atoms with Gasteiger partial charge in [-0.2, -0.15) is 0 Å². The lowest BCUT2D eigenvalue weighted by Crippen LogP contribution is -2.29. The normalized spacial score (nSPS) is 27.2. The number of halogens is 1. The Hall–Kier alpha value is -1.38. The second-order valence-corrected chi connectivity index (χ2v) is 5.66. The van der Waals surface area contributed by atoms with Gasteiger partial charge in [0.25, 0.3) is 0 Å². The average Bonchev–Trinajstić information content (AvgIpc) is 2.40. The van der Waals surface area contributed by atoms with Crippen molar-refractivity contribution in [3.05, 3.63) is 35.1 Å². The van der Waals surface area contributed by atoms with Gasteiger partial charge in [-0.05, 0) is 43.7 Å². The van der Waals surface area contributed by atoms with Gasteiger partial charge in [0.1, 0.15) is 5.82 Å². The highest BCUT2D eigenvalue weighted by Crippen LogP contribution is 2.42. The maximum atomic E-state index is 14.0. The third-order valence-electron chi connectivity index (χ3n) is 4.40. The monoisotopic (exact) mass is 264 g/mol. The summed E-state index contributed by atoms with van der Waals surface area (Å²) in [6, 6.07) is 5.00. The Bertz CT molecular complexity index is 470. The number of aliphatic carboxylic acids is 1. The summed E-state index contributed by atoms with van der Waals surface area (Å²) >= 11 is 0. The topological polar surface area (TPSA) is 37.3 Å². The van der Waals surface area contributed by atoms with Gasteiger partial charge in [0.05, 0.1) is 5.92 Å². The van der Waals surface area contributed by atoms with Crippen molar-refractivity contribution in [3.8, 4) is 0 Å². The SMILES string of the molecule is CCC1CCC(C(=O)O)C(c2cc(C)ccc2F)C1. The van der Waals surface area contributed by atoms with Gasteiger partial charge in [0, 0.05) is 5.92 Å². The van der Waals surface area contributed by atoms with Gasteiger partial charge in [-0.1, -0.05) is 31.0 Å². The molecule has 0 aliphatic heterocycles. The Morgan fingerprint density at radius 2 is 2.16 bits per heavy atom. The summed E-state index contributed by atoms with van der Waals surface area (Å²) in [6.07, 6.45) is 3.42. The van der Waals surface area contributed by atoms with E-state index < -0.39 is 11.9 Å². The van der Waals surface area contributed by atoms with Crippen LogP contribution in [0.5, 0.6) is 0 Å². The number of carboxylic acid groups (broad SMARTS) is 1. The molecule has 3 atom stereocenters. The van der Waals surface area contributed by atoms with Gasteiger partial charge in [0.2, 0.25) is 0 Å². The Kier molecular flexibility index (Phi) is 4.23. The molecule has 104 valence electrons. The van der Waals surface area contributed by atoms with E-state index in [2.05, 4.69) is 6.92 Å². The predicted octanol–water partition coefficient (Wildman–Crippen LogP) is 4.13. The van der Waals surface area contributed by atoms with E-state index in [-0.39, 0.29) is 11.7 Å². The molecule has 3 unspecified atom stereocenters. The summed E-state index contributed by atoms with van der Waals surface area (Å²) in [5.74, 6) is -1.17. The van der Waals surface area contributed by atoms with Crippen LogP contribution in [0.25, 0.3) is 0 Å². The van der Waals surface area contributed by atoms with Gasteiger partial charge in [-0.3, -0.25) is 4.79 Å². The van der Waals surface area contributed by atoms with Crippen molar-refractivity contribution in [1.29, 1.82) is 0 Å². The molecule has 19 heavy (non-hydrogen) atoms. The van der Waals surface area contributed by atoms with Crippen LogP contribution in [0.3, 0.4) is 0 Å². The number of carbonyl (C=O) groups is 1. The van der Waals surface area contributed by atoms with Crippen LogP contribution >= 0.6 is 0 Å². The molecule has 0 amide bonds. The van der Waals surface area contributed by atoms with Gasteiger partial charge >= 0.3 is 5.97 Å². The first-order valence-corrected chi connectivity index (χ1v) is 7.01. The summed E-state index contributed by atoms with van der Waals surface area (Å²) < 4.78 is 14.0. The molecule has 1 saturated carbocycles. The lowest BCUT2D eigenvalue weighted by molar-refractivity contribution is -0.144. The van der Waals surface area contributed by atoms with Crippen LogP contribution in [-0.4, -0.2) is 11.1 Å². The van der Waals surface area contributed by atoms with Crippen LogP contribution in [0.2, 0.25) is 0 Å². The van der Waals surface area contributed by atoms with Crippen molar-refractivity contribution < 1.29 is 14.3 Å². The van der Waals surface area contributed by atoms with Crippen molar-refractivity contribution in [3.63, 3.8) is 0 Å². The van der Waals surface area contributed by atoms with Crippen molar-refractivity contribution in [2.45, 2.75) is 45.4 Å². The van der Waals surface area contributed by atoms with Crippen LogP contribution in [0.1, 0.15) is 49.7 Å². The third kappa shape index (κ3) is 2.96. The molecule has 1 N–H and O–H groups in total. The molecule has 2 nitrogen and oxygen atoms in total. The number of benzene rings is 1. The van der Waals surface area contributed by atoms with Gasteiger partial charge in [-0.25, -0.2) is 4.39 Å². The fourth-order valence-corrected chi connectivity index (χ4v) is 3.22. The summed E-state index contributed by atoms with van der Waals surface area (Å²) in [6.45, 7) is 4.04. The maximum Gasteiger partial charge on any atom is 0.307 e. The summed E-state index contributed by atoms with van der Waals surface area (Å²) in [5, 5.41) is 9.37. The van der Waals surface area contributed by atoms with Crippen molar-refractivity contribution in [1.82, 2.24) is 0 Å². The zero-order valence-corrected chi connectivity index (χ0v) is 11.5. The average molecular weight is 264 g/mol. The highest BCUT2D eigenvalue weighted by atomic mass is 19.1. The van der Waals surface area contributed by atoms with E-state index in [0.717, 1.165) is 24.8 Å². The van der Waals surface area contributed by atoms with E-state index in [1.807, 2.05) is 13.0 Å². The molecule has 0 aromatic heterocycles. The zero-order valence-electron chi connectivity index (χ0n) is 11.5. The van der Waals surface area contributed by atoms with Crippen molar-refractivity contribution in [2.24, 2.45) is 11.8 Å². The summed E-state index contributed by atoms with van der Waals surface area (Å²) in [7, 11) is 0. The van der Waals surface area contributed by atoms with E-state index in [9.17, 15) is 14.3 Å². The van der Waals surface area contributed by atoms with E-state index in [0.29, 0.717) is 17.9 Å². The van der Waals surface area contributed by atoms with E-state index >= 15 is 0 Å². The molecule has 2 rings (SSSR count). The summed E-state index contributed by atoms with van der Waals surface area (Å²) in [4.78, 5) is 11.4. The molecule has 0 spiro atoms. The Morgan fingerprint density at radius 1 is 1.42 bits per heavy atom. The smallest absolute Gasteiger partial charge is 0.307 e. The summed E-state index contributed by atoms with van der Waals surface area (Å²) in [5.41, 5.74) is 1.57. The van der Waals surface area contributed by atoms with E-state index in [4.69, 9.17) is 0 Å². The zero-order chi connectivity index (χ0) is 14.0. The Morgan fingerprint density at radius 3 is 2.79 bits per heavy atom. The minimum Gasteiger partial charge on any atom is -0.481 e. The minimum absolute atomic E-state index is 0.184. The fourth-order valence-electron chi connectivity index (χ4n) is 3.22. The number of aryl methyl sites for hydroxylation is 1. The lowest BCUT2D eigenvalue weighted by Gasteiger charge is -2.34. The molecule has 3 heteroatoms. The van der Waals surface area contributed by atoms with Crippen molar-refractivity contribution in [2.75, 3.05) is 0 Å². The quantitative estimate of drug-likeness (QED) is 0.891. The van der Waals surface area contributed by atoms with E-state index in [1.54, 1.807) is 6.07 Å². The molecule has 1 aromatic carbocycles. The molecular formula is C16H21FO2. The molecule has 1 aromatic rings. The number of carboxylic acids is 1. The molecular weight excluding hydrogens is 243 g/mol. The second kappa shape index (κ2) is 5.72. The number of rotatable bonds is 3. The molecule has 0 radical (unpaired) electrons. The van der Waals surface area contributed by atoms with Gasteiger partial charge < -0.3 is 5.11 Å². The standard InChI is InChI=1S/C16H21FO2/c1-3-11-5-6-12(16(18)19)13(9-11)14-8-10(2)4-7-15(14)17/h4,7-8,11-13H,3,5-6,9H2,1-2H3,(H,18,19). The highest BCUT2D eigenvalue weighted by molar-refractivity contribution is 5.71. The first-order valence-electron chi connectivity index (χ1n) is 7.01. The molecule has 1 aliphatic carbocycles. The van der Waals surface area contributed by atoms with E-state index in [1.165, 1.54) is 6.07 Å². The molecule has 1 fully saturated rings. The van der Waals surface area contributed by atoms with Gasteiger partial charge in [-0.15, -0.1) is 0 Å². The van der Waals surface area contributed by atoms with Crippen LogP contribution < -0.4 is 0 Å². The third-order valence-corrected chi connectivity index (χ3v) is 4.40. The Labute approximate surface area is 113 Å². The fraction of sp³-hybridized carbons (Fsp3) is 0.562. The Balaban J connectivity index is 2.35. The lowest BCUT2D eigenvalue weighted by atomic mass is 9.70. The molecule has 0 bridgehead atoms. The van der Waals surface area contributed by atoms with Crippen molar-refractivity contribution >= 4 is 5.97 Å². The first-order chi connectivity index (χ1) is 9.02. The minimum atomic E-state index is -0.791. The van der Waals surface area contributed by atoms with Crippen LogP contribution in [0.15, 0.2) is 18.2 Å². The van der Waals surface area contributed by atoms with Crippen LogP contribution in [0.4, 0.5) is 4.39 Å². The number of hydrogen-bond acceptors (Lipinski definition) is 1. The van der Waals surface area contributed by atoms with Gasteiger partial charge in [0.15, 0.2) is 0 Å². The largest absolute Gasteiger partial charge is 0.481 e. The second-order valence-electron chi connectivity index (χ2n) is 5.66.